The number of hydrogen-bond acceptors (Lipinski definition) is 2. The first-order chi connectivity index (χ1) is 8.67. The van der Waals surface area contributed by atoms with Crippen LogP contribution < -0.4 is 10.1 Å². The fourth-order valence-electron chi connectivity index (χ4n) is 2.92. The first-order valence-electron chi connectivity index (χ1n) is 7.15. The van der Waals surface area contributed by atoms with Crippen LogP contribution in [0.3, 0.4) is 0 Å². The molecule has 0 bridgehead atoms. The highest BCUT2D eigenvalue weighted by Crippen LogP contribution is 2.25. The molecule has 1 saturated carbocycles. The molecule has 0 heterocycles. The second-order valence-corrected chi connectivity index (χ2v) is 5.48. The minimum Gasteiger partial charge on any atom is -0.490 e. The molecule has 1 aromatic rings. The molecule has 0 amide bonds. The lowest BCUT2D eigenvalue weighted by atomic mass is 9.93. The highest BCUT2D eigenvalue weighted by atomic mass is 16.5. The van der Waals surface area contributed by atoms with E-state index in [1.54, 1.807) is 0 Å². The Morgan fingerprint density at radius 1 is 1.17 bits per heavy atom. The van der Waals surface area contributed by atoms with E-state index in [0.29, 0.717) is 12.1 Å². The van der Waals surface area contributed by atoms with Gasteiger partial charge in [-0.1, -0.05) is 13.0 Å². The van der Waals surface area contributed by atoms with Crippen molar-refractivity contribution in [3.05, 3.63) is 29.3 Å². The molecule has 100 valence electrons. The molecule has 2 atom stereocenters. The van der Waals surface area contributed by atoms with Gasteiger partial charge in [-0.25, -0.2) is 0 Å². The number of benzene rings is 1. The summed E-state index contributed by atoms with van der Waals surface area (Å²) >= 11 is 0. The lowest BCUT2D eigenvalue weighted by Gasteiger charge is -2.30. The molecule has 0 aliphatic heterocycles. The van der Waals surface area contributed by atoms with Crippen molar-refractivity contribution >= 4 is 0 Å². The Hall–Kier alpha value is -1.02. The summed E-state index contributed by atoms with van der Waals surface area (Å²) in [6.07, 6.45) is 5.27. The third-order valence-corrected chi connectivity index (χ3v) is 3.62. The zero-order valence-corrected chi connectivity index (χ0v) is 11.8. The average Bonchev–Trinajstić information content (AvgIpc) is 2.28. The number of hydrogen-bond donors (Lipinski definition) is 1. The number of aryl methyl sites for hydroxylation is 2. The maximum Gasteiger partial charge on any atom is 0.120 e. The molecule has 0 spiro atoms. The van der Waals surface area contributed by atoms with Crippen molar-refractivity contribution in [3.63, 3.8) is 0 Å². The molecular weight excluding hydrogens is 222 g/mol. The van der Waals surface area contributed by atoms with Gasteiger partial charge in [0.25, 0.3) is 0 Å². The molecule has 1 aromatic carbocycles. The second-order valence-electron chi connectivity index (χ2n) is 5.48. The second kappa shape index (κ2) is 6.24. The Kier molecular flexibility index (Phi) is 4.65. The van der Waals surface area contributed by atoms with Crippen LogP contribution in [0.5, 0.6) is 5.75 Å². The highest BCUT2D eigenvalue weighted by Gasteiger charge is 2.22. The van der Waals surface area contributed by atoms with Gasteiger partial charge in [0, 0.05) is 6.04 Å². The Morgan fingerprint density at radius 2 is 1.89 bits per heavy atom. The Bertz CT molecular complexity index is 366. The lowest BCUT2D eigenvalue weighted by Crippen LogP contribution is -2.37. The van der Waals surface area contributed by atoms with Crippen molar-refractivity contribution in [2.24, 2.45) is 0 Å². The van der Waals surface area contributed by atoms with Crippen LogP contribution in [0, 0.1) is 13.8 Å². The van der Waals surface area contributed by atoms with Crippen molar-refractivity contribution in [2.75, 3.05) is 6.54 Å². The molecule has 0 saturated heterocycles. The first kappa shape index (κ1) is 13.4. The van der Waals surface area contributed by atoms with E-state index in [0.717, 1.165) is 18.7 Å². The highest BCUT2D eigenvalue weighted by molar-refractivity contribution is 5.33. The minimum atomic E-state index is 0.379. The van der Waals surface area contributed by atoms with E-state index in [1.807, 2.05) is 0 Å². The van der Waals surface area contributed by atoms with Gasteiger partial charge in [-0.15, -0.1) is 0 Å². The largest absolute Gasteiger partial charge is 0.490 e. The monoisotopic (exact) mass is 247 g/mol. The molecule has 2 rings (SSSR count). The van der Waals surface area contributed by atoms with E-state index < -0.39 is 0 Å². The lowest BCUT2D eigenvalue weighted by molar-refractivity contribution is 0.135. The van der Waals surface area contributed by atoms with Crippen LogP contribution in [0.15, 0.2) is 18.2 Å². The van der Waals surface area contributed by atoms with Crippen LogP contribution in [-0.2, 0) is 0 Å². The predicted octanol–water partition coefficient (Wildman–Crippen LogP) is 3.60. The van der Waals surface area contributed by atoms with E-state index in [9.17, 15) is 0 Å². The number of nitrogens with one attached hydrogen (secondary N) is 1. The van der Waals surface area contributed by atoms with Gasteiger partial charge in [0.2, 0.25) is 0 Å². The van der Waals surface area contributed by atoms with Crippen LogP contribution in [0.1, 0.15) is 43.7 Å². The molecule has 0 radical (unpaired) electrons. The molecule has 2 nitrogen and oxygen atoms in total. The summed E-state index contributed by atoms with van der Waals surface area (Å²) in [6.45, 7) is 7.49. The molecule has 1 aliphatic rings. The predicted molar refractivity (Wildman–Crippen MR) is 76.3 cm³/mol. The summed E-state index contributed by atoms with van der Waals surface area (Å²) in [4.78, 5) is 0. The van der Waals surface area contributed by atoms with Crippen molar-refractivity contribution in [2.45, 2.75) is 58.6 Å². The zero-order valence-electron chi connectivity index (χ0n) is 11.8. The molecule has 2 unspecified atom stereocenters. The van der Waals surface area contributed by atoms with Crippen molar-refractivity contribution in [3.8, 4) is 5.75 Å². The van der Waals surface area contributed by atoms with Gasteiger partial charge in [-0.3, -0.25) is 0 Å². The van der Waals surface area contributed by atoms with Crippen LogP contribution in [-0.4, -0.2) is 18.7 Å². The maximum absolute atomic E-state index is 6.15. The molecule has 2 heteroatoms. The van der Waals surface area contributed by atoms with Gasteiger partial charge < -0.3 is 10.1 Å². The minimum absolute atomic E-state index is 0.379. The number of rotatable bonds is 4. The molecule has 1 N–H and O–H groups in total. The van der Waals surface area contributed by atoms with Crippen molar-refractivity contribution < 1.29 is 4.74 Å². The molecule has 1 aliphatic carbocycles. The molecular formula is C16H25NO. The van der Waals surface area contributed by atoms with Crippen molar-refractivity contribution in [1.82, 2.24) is 5.32 Å². The first-order valence-corrected chi connectivity index (χ1v) is 7.15. The summed E-state index contributed by atoms with van der Waals surface area (Å²) in [7, 11) is 0. The van der Waals surface area contributed by atoms with E-state index in [2.05, 4.69) is 44.3 Å². The van der Waals surface area contributed by atoms with Crippen LogP contribution in [0.4, 0.5) is 0 Å². The standard InChI is InChI=1S/C16H25NO/c1-4-17-14-6-5-7-15(11-14)18-16-9-12(2)8-13(3)10-16/h8-10,14-15,17H,4-7,11H2,1-3H3. The third kappa shape index (κ3) is 3.74. The number of ether oxygens (including phenoxy) is 1. The maximum atomic E-state index is 6.15. The van der Waals surface area contributed by atoms with E-state index >= 15 is 0 Å². The fourth-order valence-corrected chi connectivity index (χ4v) is 2.92. The normalized spacial score (nSPS) is 23.9. The Morgan fingerprint density at radius 3 is 2.56 bits per heavy atom. The summed E-state index contributed by atoms with van der Waals surface area (Å²) in [6, 6.07) is 7.11. The van der Waals surface area contributed by atoms with Crippen molar-refractivity contribution in [1.29, 1.82) is 0 Å². The van der Waals surface area contributed by atoms with E-state index in [1.165, 1.54) is 30.4 Å². The summed E-state index contributed by atoms with van der Waals surface area (Å²) in [5.74, 6) is 1.04. The summed E-state index contributed by atoms with van der Waals surface area (Å²) in [5.41, 5.74) is 2.56. The van der Waals surface area contributed by atoms with Gasteiger partial charge >= 0.3 is 0 Å². The third-order valence-electron chi connectivity index (χ3n) is 3.62. The van der Waals surface area contributed by atoms with E-state index in [-0.39, 0.29) is 0 Å². The molecule has 18 heavy (non-hydrogen) atoms. The van der Waals surface area contributed by atoms with E-state index in [4.69, 9.17) is 4.74 Å². The molecule has 0 aromatic heterocycles. The Labute approximate surface area is 111 Å². The SMILES string of the molecule is CCNC1CCCC(Oc2cc(C)cc(C)c2)C1. The average molecular weight is 247 g/mol. The van der Waals surface area contributed by atoms with Gasteiger partial charge in [0.1, 0.15) is 11.9 Å². The van der Waals surface area contributed by atoms with Crippen LogP contribution in [0.25, 0.3) is 0 Å². The van der Waals surface area contributed by atoms with Gasteiger partial charge in [0.05, 0.1) is 0 Å². The quantitative estimate of drug-likeness (QED) is 0.877. The Balaban J connectivity index is 1.95. The summed E-state index contributed by atoms with van der Waals surface area (Å²) < 4.78 is 6.15. The smallest absolute Gasteiger partial charge is 0.120 e. The van der Waals surface area contributed by atoms with Gasteiger partial charge in [-0.05, 0) is 69.3 Å². The van der Waals surface area contributed by atoms with Gasteiger partial charge in [-0.2, -0.15) is 0 Å². The van der Waals surface area contributed by atoms with Gasteiger partial charge in [0.15, 0.2) is 0 Å². The zero-order chi connectivity index (χ0) is 13.0. The van der Waals surface area contributed by atoms with Crippen LogP contribution in [0.2, 0.25) is 0 Å². The topological polar surface area (TPSA) is 21.3 Å². The fraction of sp³-hybridized carbons (Fsp3) is 0.625. The summed E-state index contributed by atoms with van der Waals surface area (Å²) in [5, 5.41) is 3.54. The van der Waals surface area contributed by atoms with Crippen LogP contribution >= 0.6 is 0 Å². The molecule has 1 fully saturated rings.